The third kappa shape index (κ3) is 5.25. The van der Waals surface area contributed by atoms with Gasteiger partial charge in [-0.25, -0.2) is 4.39 Å². The highest BCUT2D eigenvalue weighted by atomic mass is 32.2. The van der Waals surface area contributed by atoms with Gasteiger partial charge in [-0.1, -0.05) is 19.1 Å². The van der Waals surface area contributed by atoms with E-state index in [4.69, 9.17) is 6.42 Å². The second kappa shape index (κ2) is 8.16. The Kier molecular flexibility index (Phi) is 6.76. The molecule has 1 N–H and O–H groups in total. The van der Waals surface area contributed by atoms with Crippen molar-refractivity contribution in [3.63, 3.8) is 0 Å². The van der Waals surface area contributed by atoms with E-state index in [1.807, 2.05) is 6.07 Å². The quantitative estimate of drug-likeness (QED) is 0.589. The highest BCUT2D eigenvalue weighted by Crippen LogP contribution is 2.22. The fourth-order valence-corrected chi connectivity index (χ4v) is 2.43. The van der Waals surface area contributed by atoms with Crippen LogP contribution in [-0.2, 0) is 0 Å². The van der Waals surface area contributed by atoms with E-state index in [1.54, 1.807) is 12.1 Å². The van der Waals surface area contributed by atoms with Gasteiger partial charge >= 0.3 is 0 Å². The zero-order chi connectivity index (χ0) is 12.5. The molecule has 0 spiro atoms. The van der Waals surface area contributed by atoms with E-state index < -0.39 is 0 Å². The molecule has 3 heteroatoms. The second-order valence-electron chi connectivity index (χ2n) is 3.80. The first-order valence-corrected chi connectivity index (χ1v) is 6.80. The maximum Gasteiger partial charge on any atom is 0.136 e. The summed E-state index contributed by atoms with van der Waals surface area (Å²) < 4.78 is 13.4. The van der Waals surface area contributed by atoms with Crippen LogP contribution in [0.3, 0.4) is 0 Å². The Labute approximate surface area is 107 Å². The van der Waals surface area contributed by atoms with Crippen molar-refractivity contribution in [2.45, 2.75) is 30.7 Å². The van der Waals surface area contributed by atoms with Crippen molar-refractivity contribution < 1.29 is 4.39 Å². The van der Waals surface area contributed by atoms with Gasteiger partial charge in [-0.15, -0.1) is 24.1 Å². The number of hydrogen-bond acceptors (Lipinski definition) is 2. The molecule has 0 bridgehead atoms. The zero-order valence-electron chi connectivity index (χ0n) is 10.1. The molecule has 0 aliphatic rings. The smallest absolute Gasteiger partial charge is 0.136 e. The van der Waals surface area contributed by atoms with Gasteiger partial charge in [0, 0.05) is 23.1 Å². The summed E-state index contributed by atoms with van der Waals surface area (Å²) in [5.41, 5.74) is 0. The molecular formula is C14H18FNS. The van der Waals surface area contributed by atoms with Gasteiger partial charge in [-0.3, -0.25) is 0 Å². The zero-order valence-corrected chi connectivity index (χ0v) is 10.9. The fourth-order valence-electron chi connectivity index (χ4n) is 1.43. The van der Waals surface area contributed by atoms with Crippen LogP contribution in [0, 0.1) is 18.2 Å². The van der Waals surface area contributed by atoms with Crippen molar-refractivity contribution in [3.8, 4) is 12.3 Å². The van der Waals surface area contributed by atoms with Gasteiger partial charge < -0.3 is 5.32 Å². The minimum absolute atomic E-state index is 0.160. The number of halogens is 1. The topological polar surface area (TPSA) is 12.0 Å². The molecule has 1 nitrogen and oxygen atoms in total. The average Bonchev–Trinajstić information content (AvgIpc) is 2.34. The van der Waals surface area contributed by atoms with Crippen LogP contribution in [0.2, 0.25) is 0 Å². The van der Waals surface area contributed by atoms with Gasteiger partial charge in [0.2, 0.25) is 0 Å². The van der Waals surface area contributed by atoms with Crippen molar-refractivity contribution in [1.29, 1.82) is 0 Å². The standard InChI is InChI=1S/C14H18FNS/c1-3-7-12(16-10-4-2)11-17-14-9-6-5-8-13(14)15/h1,5-6,8-9,12,16H,4,7,10-11H2,2H3. The summed E-state index contributed by atoms with van der Waals surface area (Å²) in [4.78, 5) is 0.688. The monoisotopic (exact) mass is 251 g/mol. The molecule has 0 saturated heterocycles. The molecule has 0 amide bonds. The van der Waals surface area contributed by atoms with Crippen molar-refractivity contribution in [3.05, 3.63) is 30.1 Å². The molecule has 1 aromatic rings. The Morgan fingerprint density at radius 3 is 2.88 bits per heavy atom. The van der Waals surface area contributed by atoms with Gasteiger partial charge in [-0.05, 0) is 25.1 Å². The molecular weight excluding hydrogens is 233 g/mol. The third-order valence-electron chi connectivity index (χ3n) is 2.32. The van der Waals surface area contributed by atoms with E-state index in [2.05, 4.69) is 18.2 Å². The lowest BCUT2D eigenvalue weighted by Crippen LogP contribution is -2.31. The van der Waals surface area contributed by atoms with Crippen molar-refractivity contribution in [2.24, 2.45) is 0 Å². The van der Waals surface area contributed by atoms with Crippen LogP contribution in [0.25, 0.3) is 0 Å². The summed E-state index contributed by atoms with van der Waals surface area (Å²) >= 11 is 1.51. The van der Waals surface area contributed by atoms with Gasteiger partial charge in [0.05, 0.1) is 0 Å². The van der Waals surface area contributed by atoms with Crippen LogP contribution in [0.1, 0.15) is 19.8 Å². The first-order chi connectivity index (χ1) is 8.27. The molecule has 1 unspecified atom stereocenters. The van der Waals surface area contributed by atoms with Crippen LogP contribution in [0.4, 0.5) is 4.39 Å². The molecule has 0 heterocycles. The summed E-state index contributed by atoms with van der Waals surface area (Å²) in [7, 11) is 0. The first kappa shape index (κ1) is 14.1. The fraction of sp³-hybridized carbons (Fsp3) is 0.429. The van der Waals surface area contributed by atoms with E-state index in [1.165, 1.54) is 17.8 Å². The molecule has 0 aliphatic carbocycles. The molecule has 92 valence electrons. The van der Waals surface area contributed by atoms with E-state index in [9.17, 15) is 4.39 Å². The Hall–Kier alpha value is -0.980. The summed E-state index contributed by atoms with van der Waals surface area (Å²) in [5.74, 6) is 3.29. The Morgan fingerprint density at radius 2 is 2.24 bits per heavy atom. The lowest BCUT2D eigenvalue weighted by atomic mass is 10.2. The largest absolute Gasteiger partial charge is 0.312 e. The molecule has 0 aromatic heterocycles. The summed E-state index contributed by atoms with van der Waals surface area (Å²) in [5, 5.41) is 3.37. The van der Waals surface area contributed by atoms with Crippen LogP contribution < -0.4 is 5.32 Å². The second-order valence-corrected chi connectivity index (χ2v) is 4.86. The maximum atomic E-state index is 13.4. The molecule has 0 fully saturated rings. The Morgan fingerprint density at radius 1 is 1.47 bits per heavy atom. The van der Waals surface area contributed by atoms with Crippen LogP contribution >= 0.6 is 11.8 Å². The minimum Gasteiger partial charge on any atom is -0.312 e. The molecule has 0 radical (unpaired) electrons. The summed E-state index contributed by atoms with van der Waals surface area (Å²) in [6.07, 6.45) is 7.08. The van der Waals surface area contributed by atoms with E-state index >= 15 is 0 Å². The maximum absolute atomic E-state index is 13.4. The summed E-state index contributed by atoms with van der Waals surface area (Å²) in [6, 6.07) is 7.09. The Balaban J connectivity index is 2.46. The number of hydrogen-bond donors (Lipinski definition) is 1. The minimum atomic E-state index is -0.160. The van der Waals surface area contributed by atoms with Crippen LogP contribution in [0.15, 0.2) is 29.2 Å². The number of nitrogens with one attached hydrogen (secondary N) is 1. The highest BCUT2D eigenvalue weighted by Gasteiger charge is 2.08. The lowest BCUT2D eigenvalue weighted by Gasteiger charge is -2.15. The van der Waals surface area contributed by atoms with E-state index in [-0.39, 0.29) is 11.9 Å². The van der Waals surface area contributed by atoms with Gasteiger partial charge in [0.25, 0.3) is 0 Å². The van der Waals surface area contributed by atoms with Gasteiger partial charge in [-0.2, -0.15) is 0 Å². The Bertz CT molecular complexity index is 373. The molecule has 1 aromatic carbocycles. The number of terminal acetylenes is 1. The molecule has 0 aliphatic heterocycles. The lowest BCUT2D eigenvalue weighted by molar-refractivity contribution is 0.562. The van der Waals surface area contributed by atoms with E-state index in [0.29, 0.717) is 11.3 Å². The van der Waals surface area contributed by atoms with Crippen molar-refractivity contribution >= 4 is 11.8 Å². The average molecular weight is 251 g/mol. The SMILES string of the molecule is C#CCC(CSc1ccccc1F)NCCC. The van der Waals surface area contributed by atoms with Crippen LogP contribution in [-0.4, -0.2) is 18.3 Å². The van der Waals surface area contributed by atoms with Gasteiger partial charge in [0.15, 0.2) is 0 Å². The van der Waals surface area contributed by atoms with Gasteiger partial charge in [0.1, 0.15) is 5.82 Å². The van der Waals surface area contributed by atoms with Crippen LogP contribution in [0.5, 0.6) is 0 Å². The number of thioether (sulfide) groups is 1. The predicted octanol–water partition coefficient (Wildman–Crippen LogP) is 3.31. The molecule has 1 rings (SSSR count). The normalized spacial score (nSPS) is 12.1. The molecule has 1 atom stereocenters. The third-order valence-corrected chi connectivity index (χ3v) is 3.54. The number of benzene rings is 1. The van der Waals surface area contributed by atoms with Crippen molar-refractivity contribution in [2.75, 3.05) is 12.3 Å². The molecule has 0 saturated carbocycles. The predicted molar refractivity (Wildman–Crippen MR) is 72.7 cm³/mol. The molecule has 17 heavy (non-hydrogen) atoms. The summed E-state index contributed by atoms with van der Waals surface area (Å²) in [6.45, 7) is 3.06. The first-order valence-electron chi connectivity index (χ1n) is 5.82. The van der Waals surface area contributed by atoms with Crippen molar-refractivity contribution in [1.82, 2.24) is 5.32 Å². The number of rotatable bonds is 7. The highest BCUT2D eigenvalue weighted by molar-refractivity contribution is 7.99. The van der Waals surface area contributed by atoms with E-state index in [0.717, 1.165) is 18.7 Å².